The lowest BCUT2D eigenvalue weighted by Crippen LogP contribution is -2.48. The van der Waals surface area contributed by atoms with Crippen molar-refractivity contribution in [3.8, 4) is 0 Å². The molecule has 1 aliphatic carbocycles. The van der Waals surface area contributed by atoms with Crippen LogP contribution in [0.3, 0.4) is 0 Å². The molecule has 18 heavy (non-hydrogen) atoms. The standard InChI is InChI=1S/C15H22ClNS/c1-17(2)11-14(18-3)15(9-4-10-15)12-5-7-13(16)8-6-12/h5-8,14H,4,9-11H2,1-3H3. The fourth-order valence-electron chi connectivity index (χ4n) is 2.94. The molecule has 0 radical (unpaired) electrons. The zero-order valence-corrected chi connectivity index (χ0v) is 13.0. The van der Waals surface area contributed by atoms with Crippen LogP contribution in [-0.2, 0) is 5.41 Å². The first-order valence-electron chi connectivity index (χ1n) is 6.52. The maximum Gasteiger partial charge on any atom is 0.0406 e. The number of hydrogen-bond acceptors (Lipinski definition) is 2. The molecular weight excluding hydrogens is 262 g/mol. The topological polar surface area (TPSA) is 3.24 Å². The van der Waals surface area contributed by atoms with E-state index in [1.165, 1.54) is 24.8 Å². The Bertz CT molecular complexity index is 384. The van der Waals surface area contributed by atoms with Crippen LogP contribution in [0.4, 0.5) is 0 Å². The van der Waals surface area contributed by atoms with Crippen molar-refractivity contribution in [2.24, 2.45) is 0 Å². The summed E-state index contributed by atoms with van der Waals surface area (Å²) in [4.78, 5) is 2.30. The van der Waals surface area contributed by atoms with E-state index < -0.39 is 0 Å². The van der Waals surface area contributed by atoms with Crippen LogP contribution >= 0.6 is 23.4 Å². The molecule has 0 heterocycles. The second-order valence-corrected chi connectivity index (χ2v) is 6.98. The minimum Gasteiger partial charge on any atom is -0.308 e. The normalized spacial score (nSPS) is 19.6. The van der Waals surface area contributed by atoms with Crippen LogP contribution in [0, 0.1) is 0 Å². The Morgan fingerprint density at radius 3 is 2.28 bits per heavy atom. The molecule has 0 aromatic heterocycles. The number of nitrogens with zero attached hydrogens (tertiary/aromatic N) is 1. The molecule has 2 rings (SSSR count). The van der Waals surface area contributed by atoms with Gasteiger partial charge < -0.3 is 4.90 Å². The molecule has 3 heteroatoms. The van der Waals surface area contributed by atoms with Crippen LogP contribution in [0.25, 0.3) is 0 Å². The van der Waals surface area contributed by atoms with E-state index in [0.717, 1.165) is 11.6 Å². The monoisotopic (exact) mass is 283 g/mol. The number of hydrogen-bond donors (Lipinski definition) is 0. The fraction of sp³-hybridized carbons (Fsp3) is 0.600. The van der Waals surface area contributed by atoms with Crippen LogP contribution < -0.4 is 0 Å². The van der Waals surface area contributed by atoms with Crippen molar-refractivity contribution in [2.45, 2.75) is 29.9 Å². The number of halogens is 1. The summed E-state index contributed by atoms with van der Waals surface area (Å²) < 4.78 is 0. The first-order valence-corrected chi connectivity index (χ1v) is 8.18. The summed E-state index contributed by atoms with van der Waals surface area (Å²) in [5, 5.41) is 1.50. The van der Waals surface area contributed by atoms with Gasteiger partial charge in [-0.3, -0.25) is 0 Å². The third kappa shape index (κ3) is 2.71. The highest BCUT2D eigenvalue weighted by Crippen LogP contribution is 2.50. The van der Waals surface area contributed by atoms with Crippen molar-refractivity contribution in [1.82, 2.24) is 4.90 Å². The van der Waals surface area contributed by atoms with Crippen molar-refractivity contribution in [3.05, 3.63) is 34.9 Å². The van der Waals surface area contributed by atoms with Crippen LogP contribution in [0.15, 0.2) is 24.3 Å². The molecule has 0 amide bonds. The minimum atomic E-state index is 0.369. The predicted molar refractivity (Wildman–Crippen MR) is 82.8 cm³/mol. The second-order valence-electron chi connectivity index (χ2n) is 5.50. The van der Waals surface area contributed by atoms with E-state index >= 15 is 0 Å². The molecule has 0 bridgehead atoms. The van der Waals surface area contributed by atoms with Gasteiger partial charge in [-0.1, -0.05) is 30.2 Å². The van der Waals surface area contributed by atoms with E-state index in [1.54, 1.807) is 0 Å². The Hall–Kier alpha value is -0.180. The molecule has 0 saturated heterocycles. The third-order valence-corrected chi connectivity index (χ3v) is 5.52. The van der Waals surface area contributed by atoms with Gasteiger partial charge in [-0.15, -0.1) is 0 Å². The molecule has 1 saturated carbocycles. The van der Waals surface area contributed by atoms with E-state index in [-0.39, 0.29) is 0 Å². The van der Waals surface area contributed by atoms with Gasteiger partial charge in [0, 0.05) is 22.2 Å². The molecule has 1 fully saturated rings. The zero-order valence-electron chi connectivity index (χ0n) is 11.4. The molecular formula is C15H22ClNS. The van der Waals surface area contributed by atoms with Gasteiger partial charge in [-0.25, -0.2) is 0 Å². The highest BCUT2D eigenvalue weighted by Gasteiger charge is 2.45. The molecule has 0 N–H and O–H groups in total. The molecule has 1 unspecified atom stereocenters. The lowest BCUT2D eigenvalue weighted by atomic mass is 9.62. The fourth-order valence-corrected chi connectivity index (χ4v) is 4.34. The zero-order chi connectivity index (χ0) is 13.2. The van der Waals surface area contributed by atoms with Gasteiger partial charge >= 0.3 is 0 Å². The first kappa shape index (κ1) is 14.2. The average Bonchev–Trinajstić information content (AvgIpc) is 2.28. The van der Waals surface area contributed by atoms with Gasteiger partial charge in [0.05, 0.1) is 0 Å². The summed E-state index contributed by atoms with van der Waals surface area (Å²) in [5.74, 6) is 0. The summed E-state index contributed by atoms with van der Waals surface area (Å²) in [7, 11) is 4.33. The van der Waals surface area contributed by atoms with Gasteiger partial charge in [0.2, 0.25) is 0 Å². The van der Waals surface area contributed by atoms with Crippen molar-refractivity contribution >= 4 is 23.4 Å². The molecule has 1 aliphatic rings. The van der Waals surface area contributed by atoms with Crippen LogP contribution in [0.2, 0.25) is 5.02 Å². The molecule has 1 aromatic rings. The number of thioether (sulfide) groups is 1. The predicted octanol–water partition coefficient (Wildman–Crippen LogP) is 4.05. The van der Waals surface area contributed by atoms with Crippen molar-refractivity contribution in [1.29, 1.82) is 0 Å². The Balaban J connectivity index is 2.26. The largest absolute Gasteiger partial charge is 0.308 e. The lowest BCUT2D eigenvalue weighted by molar-refractivity contribution is 0.210. The molecule has 0 aliphatic heterocycles. The minimum absolute atomic E-state index is 0.369. The summed E-state index contributed by atoms with van der Waals surface area (Å²) >= 11 is 8.01. The van der Waals surface area contributed by atoms with E-state index in [2.05, 4.69) is 37.4 Å². The van der Waals surface area contributed by atoms with Gasteiger partial charge in [0.15, 0.2) is 0 Å². The van der Waals surface area contributed by atoms with Crippen LogP contribution in [0.1, 0.15) is 24.8 Å². The van der Waals surface area contributed by atoms with Crippen molar-refractivity contribution in [2.75, 3.05) is 26.9 Å². The summed E-state index contributed by atoms with van der Waals surface area (Å²) in [5.41, 5.74) is 1.84. The van der Waals surface area contributed by atoms with E-state index in [4.69, 9.17) is 11.6 Å². The van der Waals surface area contributed by atoms with E-state index in [9.17, 15) is 0 Å². The van der Waals surface area contributed by atoms with Gasteiger partial charge in [0.25, 0.3) is 0 Å². The summed E-state index contributed by atoms with van der Waals surface area (Å²) in [6.45, 7) is 1.14. The van der Waals surface area contributed by atoms with E-state index in [1.807, 2.05) is 23.9 Å². The van der Waals surface area contributed by atoms with Crippen molar-refractivity contribution in [3.63, 3.8) is 0 Å². The summed E-state index contributed by atoms with van der Waals surface area (Å²) in [6.07, 6.45) is 6.22. The Morgan fingerprint density at radius 1 is 1.28 bits per heavy atom. The maximum absolute atomic E-state index is 6.01. The molecule has 1 aromatic carbocycles. The molecule has 0 spiro atoms. The highest BCUT2D eigenvalue weighted by molar-refractivity contribution is 7.99. The maximum atomic E-state index is 6.01. The molecule has 1 nitrogen and oxygen atoms in total. The third-order valence-electron chi connectivity index (χ3n) is 4.10. The highest BCUT2D eigenvalue weighted by atomic mass is 35.5. The smallest absolute Gasteiger partial charge is 0.0406 e. The van der Waals surface area contributed by atoms with Crippen LogP contribution in [0.5, 0.6) is 0 Å². The van der Waals surface area contributed by atoms with Gasteiger partial charge in [-0.2, -0.15) is 11.8 Å². The average molecular weight is 284 g/mol. The quantitative estimate of drug-likeness (QED) is 0.802. The summed E-state index contributed by atoms with van der Waals surface area (Å²) in [6, 6.07) is 8.51. The molecule has 1 atom stereocenters. The number of benzene rings is 1. The van der Waals surface area contributed by atoms with Crippen LogP contribution in [-0.4, -0.2) is 37.0 Å². The Labute approximate surface area is 120 Å². The number of rotatable bonds is 5. The van der Waals surface area contributed by atoms with Crippen molar-refractivity contribution < 1.29 is 0 Å². The SMILES string of the molecule is CSC(CN(C)C)C1(c2ccc(Cl)cc2)CCC1. The Kier molecular flexibility index (Phi) is 4.63. The second kappa shape index (κ2) is 5.85. The lowest BCUT2D eigenvalue weighted by Gasteiger charge is -2.48. The van der Waals surface area contributed by atoms with Gasteiger partial charge in [0.1, 0.15) is 0 Å². The van der Waals surface area contributed by atoms with E-state index in [0.29, 0.717) is 10.7 Å². The molecule has 100 valence electrons. The first-order chi connectivity index (χ1) is 8.58. The Morgan fingerprint density at radius 2 is 1.89 bits per heavy atom. The van der Waals surface area contributed by atoms with Gasteiger partial charge in [-0.05, 0) is 50.9 Å².